The number of hydrogen-bond acceptors (Lipinski definition) is 9. The zero-order valence-electron chi connectivity index (χ0n) is 11.2. The van der Waals surface area contributed by atoms with E-state index < -0.39 is 32.7 Å². The first kappa shape index (κ1) is 14.2. The third kappa shape index (κ3) is 2.09. The highest BCUT2D eigenvalue weighted by Gasteiger charge is 2.59. The van der Waals surface area contributed by atoms with E-state index in [1.165, 1.54) is 6.33 Å². The van der Waals surface area contributed by atoms with E-state index in [9.17, 15) is 14.9 Å². The van der Waals surface area contributed by atoms with Crippen LogP contribution in [0.2, 0.25) is 0 Å². The average Bonchev–Trinajstić information content (AvgIpc) is 3.01. The number of nitrogens with two attached hydrogens (primary N) is 1. The van der Waals surface area contributed by atoms with Gasteiger partial charge in [0, 0.05) is 6.20 Å². The van der Waals surface area contributed by atoms with Gasteiger partial charge < -0.3 is 20.1 Å². The number of nitrogens with zero attached hydrogens (tertiary/aromatic N) is 3. The van der Waals surface area contributed by atoms with Gasteiger partial charge in [-0.1, -0.05) is 0 Å². The molecule has 0 amide bonds. The lowest BCUT2D eigenvalue weighted by Crippen LogP contribution is -2.40. The summed E-state index contributed by atoms with van der Waals surface area (Å²) in [5.74, 6) is 0.323. The van der Waals surface area contributed by atoms with Crippen molar-refractivity contribution in [2.24, 2.45) is 0 Å². The molecular formula is C11H14N4O6P+. The minimum absolute atomic E-state index is 0.0741. The quantitative estimate of drug-likeness (QED) is 0.501. The van der Waals surface area contributed by atoms with E-state index in [1.807, 2.05) is 0 Å². The molecule has 4 heterocycles. The summed E-state index contributed by atoms with van der Waals surface area (Å²) in [5, 5.41) is 11.0. The summed E-state index contributed by atoms with van der Waals surface area (Å²) >= 11 is 0. The fraction of sp³-hybridized carbons (Fsp3) is 0.455. The Morgan fingerprint density at radius 2 is 2.18 bits per heavy atom. The molecule has 2 saturated heterocycles. The molecule has 0 aliphatic carbocycles. The highest BCUT2D eigenvalue weighted by atomic mass is 31.2. The van der Waals surface area contributed by atoms with Gasteiger partial charge in [-0.3, -0.25) is 0 Å². The van der Waals surface area contributed by atoms with Crippen molar-refractivity contribution in [1.82, 2.24) is 14.5 Å². The lowest BCUT2D eigenvalue weighted by molar-refractivity contribution is -0.0747. The SMILES string of the molecule is Nc1ncnc2c1ccn2[C@@H]1O[C@@H]2CO[P+](O)(O)O[C@H]2[C@H]1O. The summed E-state index contributed by atoms with van der Waals surface area (Å²) in [7, 11) is -3.90. The van der Waals surface area contributed by atoms with Crippen LogP contribution >= 0.6 is 8.17 Å². The number of ether oxygens (including phenoxy) is 1. The molecule has 5 N–H and O–H groups in total. The van der Waals surface area contributed by atoms with Crippen molar-refractivity contribution in [2.75, 3.05) is 12.3 Å². The molecule has 4 rings (SSSR count). The van der Waals surface area contributed by atoms with Crippen molar-refractivity contribution in [3.05, 3.63) is 18.6 Å². The molecule has 118 valence electrons. The first-order valence-corrected chi connectivity index (χ1v) is 8.07. The van der Waals surface area contributed by atoms with Crippen molar-refractivity contribution in [3.63, 3.8) is 0 Å². The van der Waals surface area contributed by atoms with Gasteiger partial charge in [-0.2, -0.15) is 14.3 Å². The van der Waals surface area contributed by atoms with Gasteiger partial charge in [-0.25, -0.2) is 9.97 Å². The molecule has 22 heavy (non-hydrogen) atoms. The maximum absolute atomic E-state index is 10.4. The summed E-state index contributed by atoms with van der Waals surface area (Å²) in [6, 6.07) is 1.72. The van der Waals surface area contributed by atoms with Crippen molar-refractivity contribution in [1.29, 1.82) is 0 Å². The van der Waals surface area contributed by atoms with Gasteiger partial charge in [0.05, 0.1) is 5.39 Å². The van der Waals surface area contributed by atoms with Gasteiger partial charge in [-0.05, 0) is 6.07 Å². The molecule has 0 bridgehead atoms. The van der Waals surface area contributed by atoms with Crippen LogP contribution in [-0.2, 0) is 13.8 Å². The Hall–Kier alpha value is -1.39. The van der Waals surface area contributed by atoms with Crippen LogP contribution in [0.4, 0.5) is 5.82 Å². The normalized spacial score (nSPS) is 34.0. The average molecular weight is 329 g/mol. The third-order valence-electron chi connectivity index (χ3n) is 3.79. The first-order valence-electron chi connectivity index (χ1n) is 6.54. The topological polar surface area (TPSA) is 145 Å². The number of anilines is 1. The summed E-state index contributed by atoms with van der Waals surface area (Å²) in [6.45, 7) is -0.0741. The van der Waals surface area contributed by atoms with Gasteiger partial charge in [0.25, 0.3) is 0 Å². The predicted octanol–water partition coefficient (Wildman–Crippen LogP) is -0.651. The van der Waals surface area contributed by atoms with Crippen LogP contribution in [-0.4, -0.2) is 54.3 Å². The number of aromatic nitrogens is 3. The fourth-order valence-electron chi connectivity index (χ4n) is 2.77. The Balaban J connectivity index is 1.70. The third-order valence-corrected chi connectivity index (χ3v) is 4.79. The Bertz CT molecular complexity index is 724. The standard InChI is InChI=1S/C11H14N4O6P/c12-9-5-1-2-15(10(5)14-4-13-9)11-7(16)8-6(20-11)3-19-22(17,18)21-8/h1-2,4,6-8,11,16-18H,3H2,(H2,12,13,14)/q+1/t6-,7-,8-,11-/m1/s1. The van der Waals surface area contributed by atoms with E-state index in [0.717, 1.165) is 0 Å². The molecule has 0 unspecified atom stereocenters. The summed E-state index contributed by atoms with van der Waals surface area (Å²) in [5.41, 5.74) is 6.29. The largest absolute Gasteiger partial charge is 0.570 e. The van der Waals surface area contributed by atoms with Crippen LogP contribution in [0.3, 0.4) is 0 Å². The molecular weight excluding hydrogens is 315 g/mol. The lowest BCUT2D eigenvalue weighted by Gasteiger charge is -2.24. The van der Waals surface area contributed by atoms with Crippen molar-refractivity contribution >= 4 is 25.0 Å². The number of rotatable bonds is 1. The number of hydrogen-bond donors (Lipinski definition) is 4. The fourth-order valence-corrected chi connectivity index (χ4v) is 3.75. The molecule has 0 aromatic carbocycles. The van der Waals surface area contributed by atoms with Gasteiger partial charge in [0.2, 0.25) is 0 Å². The molecule has 2 aliphatic rings. The molecule has 0 spiro atoms. The number of aliphatic hydroxyl groups excluding tert-OH is 1. The van der Waals surface area contributed by atoms with Crippen molar-refractivity contribution in [2.45, 2.75) is 24.5 Å². The second kappa shape index (κ2) is 4.80. The molecule has 4 atom stereocenters. The first-order chi connectivity index (χ1) is 10.5. The van der Waals surface area contributed by atoms with E-state index in [4.69, 9.17) is 19.5 Å². The molecule has 2 aliphatic heterocycles. The molecule has 2 aromatic rings. The number of fused-ring (bicyclic) bond motifs is 2. The highest BCUT2D eigenvalue weighted by molar-refractivity contribution is 7.54. The minimum Gasteiger partial charge on any atom is -0.385 e. The van der Waals surface area contributed by atoms with E-state index in [1.54, 1.807) is 16.8 Å². The molecule has 0 saturated carbocycles. The number of nitrogen functional groups attached to an aromatic ring is 1. The monoisotopic (exact) mass is 329 g/mol. The van der Waals surface area contributed by atoms with Crippen molar-refractivity contribution < 1.29 is 28.7 Å². The molecule has 2 aromatic heterocycles. The molecule has 10 nitrogen and oxygen atoms in total. The minimum atomic E-state index is -3.90. The van der Waals surface area contributed by atoms with E-state index in [0.29, 0.717) is 16.9 Å². The Morgan fingerprint density at radius 1 is 1.36 bits per heavy atom. The zero-order valence-corrected chi connectivity index (χ0v) is 12.1. The van der Waals surface area contributed by atoms with Crippen LogP contribution in [0, 0.1) is 0 Å². The zero-order chi connectivity index (χ0) is 15.5. The van der Waals surface area contributed by atoms with Gasteiger partial charge in [0.15, 0.2) is 12.3 Å². The van der Waals surface area contributed by atoms with Crippen LogP contribution < -0.4 is 5.73 Å². The van der Waals surface area contributed by atoms with Crippen molar-refractivity contribution in [3.8, 4) is 0 Å². The van der Waals surface area contributed by atoms with Crippen LogP contribution in [0.15, 0.2) is 18.6 Å². The van der Waals surface area contributed by atoms with E-state index >= 15 is 0 Å². The van der Waals surface area contributed by atoms with Crippen LogP contribution in [0.1, 0.15) is 6.23 Å². The molecule has 11 heteroatoms. The van der Waals surface area contributed by atoms with E-state index in [2.05, 4.69) is 9.97 Å². The highest BCUT2D eigenvalue weighted by Crippen LogP contribution is 2.59. The second-order valence-corrected chi connectivity index (χ2v) is 6.58. The lowest BCUT2D eigenvalue weighted by atomic mass is 10.1. The van der Waals surface area contributed by atoms with Gasteiger partial charge in [0.1, 0.15) is 36.6 Å². The molecule has 0 radical (unpaired) electrons. The van der Waals surface area contributed by atoms with Gasteiger partial charge >= 0.3 is 8.17 Å². The molecule has 2 fully saturated rings. The Kier molecular flexibility index (Phi) is 3.10. The Labute approximate surface area is 124 Å². The summed E-state index contributed by atoms with van der Waals surface area (Å²) in [4.78, 5) is 27.0. The maximum atomic E-state index is 10.4. The maximum Gasteiger partial charge on any atom is 0.570 e. The predicted molar refractivity (Wildman–Crippen MR) is 74.0 cm³/mol. The van der Waals surface area contributed by atoms with E-state index in [-0.39, 0.29) is 6.61 Å². The van der Waals surface area contributed by atoms with Gasteiger partial charge in [-0.15, -0.1) is 4.52 Å². The van der Waals surface area contributed by atoms with Crippen LogP contribution in [0.25, 0.3) is 11.0 Å². The second-order valence-electron chi connectivity index (χ2n) is 5.13. The smallest absolute Gasteiger partial charge is 0.385 e. The van der Waals surface area contributed by atoms with Crippen LogP contribution in [0.5, 0.6) is 0 Å². The Morgan fingerprint density at radius 3 is 3.00 bits per heavy atom. The summed E-state index contributed by atoms with van der Waals surface area (Å²) < 4.78 is 17.2. The summed E-state index contributed by atoms with van der Waals surface area (Å²) in [6.07, 6.45) is -0.423. The number of aliphatic hydroxyl groups is 1.